The summed E-state index contributed by atoms with van der Waals surface area (Å²) < 4.78 is 0. The van der Waals surface area contributed by atoms with E-state index < -0.39 is 0 Å². The van der Waals surface area contributed by atoms with Gasteiger partial charge in [-0.3, -0.25) is 0 Å². The third-order valence-corrected chi connectivity index (χ3v) is 2.06. The highest BCUT2D eigenvalue weighted by molar-refractivity contribution is 5.36. The number of allylic oxidation sites excluding steroid dienone is 7. The first-order valence-corrected chi connectivity index (χ1v) is 5.98. The van der Waals surface area contributed by atoms with Gasteiger partial charge >= 0.3 is 0 Å². The van der Waals surface area contributed by atoms with Gasteiger partial charge in [0, 0.05) is 34.2 Å². The molecular formula is C14H24N6. The van der Waals surface area contributed by atoms with E-state index in [4.69, 9.17) is 34.4 Å². The molecule has 0 bridgehead atoms. The van der Waals surface area contributed by atoms with E-state index in [-0.39, 0.29) is 0 Å². The Morgan fingerprint density at radius 3 is 1.15 bits per heavy atom. The lowest BCUT2D eigenvalue weighted by molar-refractivity contribution is 1.25. The van der Waals surface area contributed by atoms with Crippen molar-refractivity contribution in [2.75, 3.05) is 0 Å². The van der Waals surface area contributed by atoms with Crippen molar-refractivity contribution in [3.63, 3.8) is 0 Å². The second-order valence-corrected chi connectivity index (χ2v) is 4.25. The largest absolute Gasteiger partial charge is 0.402 e. The summed E-state index contributed by atoms with van der Waals surface area (Å²) in [5, 5.41) is 0. The first kappa shape index (κ1) is 17.2. The fourth-order valence-electron chi connectivity index (χ4n) is 1.28. The lowest BCUT2D eigenvalue weighted by Gasteiger charge is -2.00. The molecule has 0 amide bonds. The molecule has 20 heavy (non-hydrogen) atoms. The van der Waals surface area contributed by atoms with Crippen LogP contribution in [0.3, 0.4) is 0 Å². The Balaban J connectivity index is 5.06. The lowest BCUT2D eigenvalue weighted by atomic mass is 10.2. The highest BCUT2D eigenvalue weighted by Crippen LogP contribution is 2.01. The van der Waals surface area contributed by atoms with Crippen LogP contribution in [0.2, 0.25) is 0 Å². The van der Waals surface area contributed by atoms with Crippen LogP contribution in [0.15, 0.2) is 70.6 Å². The van der Waals surface area contributed by atoms with Gasteiger partial charge in [-0.1, -0.05) is 6.08 Å². The average Bonchev–Trinajstić information content (AvgIpc) is 2.26. The first-order chi connectivity index (χ1) is 9.24. The molecule has 0 saturated carbocycles. The number of hydrogen-bond donors (Lipinski definition) is 6. The summed E-state index contributed by atoms with van der Waals surface area (Å²) in [6.07, 6.45) is 9.57. The summed E-state index contributed by atoms with van der Waals surface area (Å²) in [6.45, 7) is 3.54. The van der Waals surface area contributed by atoms with Gasteiger partial charge in [-0.25, -0.2) is 0 Å². The van der Waals surface area contributed by atoms with Crippen LogP contribution in [-0.2, 0) is 0 Å². The zero-order valence-corrected chi connectivity index (χ0v) is 11.9. The quantitative estimate of drug-likeness (QED) is 0.390. The average molecular weight is 276 g/mol. The van der Waals surface area contributed by atoms with Crippen molar-refractivity contribution in [3.05, 3.63) is 70.6 Å². The molecule has 0 heterocycles. The van der Waals surface area contributed by atoms with E-state index in [1.165, 1.54) is 0 Å². The maximum absolute atomic E-state index is 5.78. The van der Waals surface area contributed by atoms with Gasteiger partial charge in [0.25, 0.3) is 0 Å². The van der Waals surface area contributed by atoms with E-state index in [1.807, 2.05) is 6.92 Å². The van der Waals surface area contributed by atoms with Crippen molar-refractivity contribution in [1.29, 1.82) is 0 Å². The molecule has 0 aliphatic heterocycles. The highest BCUT2D eigenvalue weighted by Gasteiger charge is 1.92. The van der Waals surface area contributed by atoms with Crippen LogP contribution in [-0.4, -0.2) is 0 Å². The summed E-state index contributed by atoms with van der Waals surface area (Å²) >= 11 is 0. The molecule has 0 aromatic carbocycles. The van der Waals surface area contributed by atoms with Crippen molar-refractivity contribution >= 4 is 0 Å². The van der Waals surface area contributed by atoms with Crippen LogP contribution in [0, 0.1) is 0 Å². The third kappa shape index (κ3) is 8.35. The molecule has 110 valence electrons. The Labute approximate surface area is 119 Å². The van der Waals surface area contributed by atoms with Crippen molar-refractivity contribution in [2.24, 2.45) is 34.4 Å². The summed E-state index contributed by atoms with van der Waals surface area (Å²) in [6, 6.07) is 0. The van der Waals surface area contributed by atoms with Crippen LogP contribution < -0.4 is 34.4 Å². The molecule has 0 unspecified atom stereocenters. The van der Waals surface area contributed by atoms with Crippen LogP contribution in [0.5, 0.6) is 0 Å². The van der Waals surface area contributed by atoms with E-state index in [2.05, 4.69) is 0 Å². The Morgan fingerprint density at radius 2 is 0.850 bits per heavy atom. The Bertz CT molecular complexity index is 514. The smallest absolute Gasteiger partial charge is 0.0355 e. The maximum atomic E-state index is 5.78. The molecule has 0 aliphatic rings. The Kier molecular flexibility index (Phi) is 7.21. The molecular weight excluding hydrogens is 252 g/mol. The fraction of sp³-hybridized carbons (Fsp3) is 0.143. The summed E-state index contributed by atoms with van der Waals surface area (Å²) in [7, 11) is 0. The van der Waals surface area contributed by atoms with Gasteiger partial charge in [-0.15, -0.1) is 0 Å². The van der Waals surface area contributed by atoms with E-state index in [1.54, 1.807) is 43.4 Å². The van der Waals surface area contributed by atoms with Gasteiger partial charge in [-0.2, -0.15) is 0 Å². The molecule has 0 radical (unpaired) electrons. The van der Waals surface area contributed by atoms with Gasteiger partial charge < -0.3 is 34.4 Å². The van der Waals surface area contributed by atoms with E-state index in [0.29, 0.717) is 34.2 Å². The van der Waals surface area contributed by atoms with Gasteiger partial charge in [0.15, 0.2) is 0 Å². The summed E-state index contributed by atoms with van der Waals surface area (Å²) in [5.74, 6) is 0. The highest BCUT2D eigenvalue weighted by atomic mass is 14.7. The molecule has 0 saturated heterocycles. The SMILES string of the molecule is C\C=C(N)/C=C(N)\C=C(N)/C=C(N)\C=C(N)/C=C(\C)N. The predicted octanol–water partition coefficient (Wildman–Crippen LogP) is 0.0818. The summed E-state index contributed by atoms with van der Waals surface area (Å²) in [5.41, 5.74) is 36.9. The predicted molar refractivity (Wildman–Crippen MR) is 85.0 cm³/mol. The molecule has 0 rings (SSSR count). The molecule has 0 aliphatic carbocycles. The Morgan fingerprint density at radius 1 is 0.550 bits per heavy atom. The second-order valence-electron chi connectivity index (χ2n) is 4.25. The molecule has 6 heteroatoms. The van der Waals surface area contributed by atoms with Gasteiger partial charge in [0.1, 0.15) is 0 Å². The van der Waals surface area contributed by atoms with E-state index in [9.17, 15) is 0 Å². The fourth-order valence-corrected chi connectivity index (χ4v) is 1.28. The van der Waals surface area contributed by atoms with Crippen molar-refractivity contribution in [2.45, 2.75) is 13.8 Å². The van der Waals surface area contributed by atoms with Gasteiger partial charge in [0.2, 0.25) is 0 Å². The van der Waals surface area contributed by atoms with Crippen molar-refractivity contribution in [1.82, 2.24) is 0 Å². The molecule has 0 aromatic rings. The molecule has 0 spiro atoms. The van der Waals surface area contributed by atoms with E-state index in [0.717, 1.165) is 0 Å². The lowest BCUT2D eigenvalue weighted by Crippen LogP contribution is -2.06. The van der Waals surface area contributed by atoms with Crippen LogP contribution in [0.4, 0.5) is 0 Å². The van der Waals surface area contributed by atoms with Gasteiger partial charge in [-0.05, 0) is 44.2 Å². The van der Waals surface area contributed by atoms with Gasteiger partial charge in [0.05, 0.1) is 0 Å². The molecule has 0 fully saturated rings. The molecule has 12 N–H and O–H groups in total. The normalized spacial score (nSPS) is 16.5. The van der Waals surface area contributed by atoms with Crippen LogP contribution in [0.1, 0.15) is 13.8 Å². The first-order valence-electron chi connectivity index (χ1n) is 5.98. The minimum Gasteiger partial charge on any atom is -0.402 e. The zero-order chi connectivity index (χ0) is 15.7. The second kappa shape index (κ2) is 8.36. The summed E-state index contributed by atoms with van der Waals surface area (Å²) in [4.78, 5) is 0. The van der Waals surface area contributed by atoms with E-state index >= 15 is 0 Å². The minimum absolute atomic E-state index is 0.387. The van der Waals surface area contributed by atoms with Crippen molar-refractivity contribution in [3.8, 4) is 0 Å². The topological polar surface area (TPSA) is 156 Å². The minimum atomic E-state index is 0.387. The molecule has 0 atom stereocenters. The molecule has 6 nitrogen and oxygen atoms in total. The van der Waals surface area contributed by atoms with Crippen LogP contribution in [0.25, 0.3) is 0 Å². The van der Waals surface area contributed by atoms with Crippen molar-refractivity contribution < 1.29 is 0 Å². The number of rotatable bonds is 5. The monoisotopic (exact) mass is 276 g/mol. The maximum Gasteiger partial charge on any atom is 0.0355 e. The molecule has 0 aromatic heterocycles. The Hall–Kier alpha value is -2.76. The number of hydrogen-bond acceptors (Lipinski definition) is 6. The zero-order valence-electron chi connectivity index (χ0n) is 11.9. The van der Waals surface area contributed by atoms with Crippen LogP contribution >= 0.6 is 0 Å². The number of nitrogens with two attached hydrogens (primary N) is 6. The third-order valence-electron chi connectivity index (χ3n) is 2.06. The standard InChI is InChI=1S/C14H24N6/c1-3-10(16)5-12(18)7-14(20)8-13(19)6-11(17)4-9(2)15/h3-8H,15-20H2,1-2H3/b9-4+,10-3+,11-6+,12-5+,13-8+,14-7+.